The fraction of sp³-hybridized carbons (Fsp3) is 0.275. The summed E-state index contributed by atoms with van der Waals surface area (Å²) in [4.78, 5) is 70.3. The number of fused-ring (bicyclic) bond motifs is 1. The molecule has 3 heterocycles. The first-order valence-electron chi connectivity index (χ1n) is 18.0. The number of amides is 4. The highest BCUT2D eigenvalue weighted by Gasteiger charge is 2.26. The van der Waals surface area contributed by atoms with E-state index in [1.54, 1.807) is 47.4 Å². The Bertz CT molecular complexity index is 2310. The van der Waals surface area contributed by atoms with Gasteiger partial charge < -0.3 is 30.5 Å². The second kappa shape index (κ2) is 18.3. The summed E-state index contributed by atoms with van der Waals surface area (Å²) < 4.78 is 34.2. The van der Waals surface area contributed by atoms with E-state index in [9.17, 15) is 32.8 Å². The lowest BCUT2D eigenvalue weighted by atomic mass is 10.0. The molecular formula is C40H40F2N8O6. The highest BCUT2D eigenvalue weighted by atomic mass is 19.1. The number of pyridine rings is 1. The first kappa shape index (κ1) is 39.3. The minimum atomic E-state index is -0.646. The Labute approximate surface area is 320 Å². The summed E-state index contributed by atoms with van der Waals surface area (Å²) in [6.45, 7) is 3.41. The van der Waals surface area contributed by atoms with Gasteiger partial charge in [0.25, 0.3) is 17.4 Å². The fourth-order valence-electron chi connectivity index (χ4n) is 6.31. The summed E-state index contributed by atoms with van der Waals surface area (Å²) in [6, 6.07) is 18.9. The molecule has 0 aliphatic carbocycles. The van der Waals surface area contributed by atoms with Gasteiger partial charge in [-0.2, -0.15) is 5.10 Å². The van der Waals surface area contributed by atoms with Crippen molar-refractivity contribution < 1.29 is 32.7 Å². The predicted molar refractivity (Wildman–Crippen MR) is 204 cm³/mol. The van der Waals surface area contributed by atoms with Crippen molar-refractivity contribution in [2.75, 3.05) is 64.3 Å². The topological polar surface area (TPSA) is 179 Å². The lowest BCUT2D eigenvalue weighted by Gasteiger charge is -2.35. The van der Waals surface area contributed by atoms with Crippen molar-refractivity contribution >= 4 is 40.1 Å². The fourth-order valence-corrected chi connectivity index (χ4v) is 6.31. The normalized spacial score (nSPS) is 12.8. The Morgan fingerprint density at radius 3 is 2.38 bits per heavy atom. The summed E-state index contributed by atoms with van der Waals surface area (Å²) in [6.07, 6.45) is 1.71. The predicted octanol–water partition coefficient (Wildman–Crippen LogP) is 3.13. The summed E-state index contributed by atoms with van der Waals surface area (Å²) in [7, 11) is 0. The molecule has 4 N–H and O–H groups in total. The zero-order valence-corrected chi connectivity index (χ0v) is 30.6. The average Bonchev–Trinajstić information content (AvgIpc) is 3.20. The minimum absolute atomic E-state index is 0.00184. The van der Waals surface area contributed by atoms with Crippen molar-refractivity contribution in [2.45, 2.75) is 13.3 Å². The molecule has 3 aromatic carbocycles. The van der Waals surface area contributed by atoms with Crippen LogP contribution < -0.4 is 21.5 Å². The number of aromatic nitrogens is 3. The Balaban J connectivity index is 0.896. The van der Waals surface area contributed by atoms with E-state index in [1.165, 1.54) is 42.3 Å². The number of ether oxygens (including phenoxy) is 1. The summed E-state index contributed by atoms with van der Waals surface area (Å²) >= 11 is 0. The van der Waals surface area contributed by atoms with Gasteiger partial charge in [0.05, 0.1) is 42.1 Å². The van der Waals surface area contributed by atoms with Gasteiger partial charge in [0.1, 0.15) is 11.6 Å². The van der Waals surface area contributed by atoms with Gasteiger partial charge in [-0.05, 0) is 47.5 Å². The molecule has 0 bridgehead atoms. The van der Waals surface area contributed by atoms with Crippen molar-refractivity contribution in [3.8, 4) is 11.1 Å². The number of H-pyrrole nitrogens is 1. The minimum Gasteiger partial charge on any atom is -0.378 e. The van der Waals surface area contributed by atoms with Crippen molar-refractivity contribution in [1.82, 2.24) is 35.6 Å². The number of halogens is 2. The molecule has 0 atom stereocenters. The molecule has 5 aromatic rings. The molecule has 1 fully saturated rings. The first-order chi connectivity index (χ1) is 27.1. The number of carbonyl (C=O) groups excluding carboxylic acids is 4. The monoisotopic (exact) mass is 766 g/mol. The Hall–Kier alpha value is -6.39. The van der Waals surface area contributed by atoms with Gasteiger partial charge in [-0.1, -0.05) is 36.4 Å². The molecule has 6 rings (SSSR count). The largest absolute Gasteiger partial charge is 0.378 e. The molecule has 1 aliphatic heterocycles. The first-order valence-corrected chi connectivity index (χ1v) is 18.0. The number of hydrogen-bond donors (Lipinski definition) is 4. The van der Waals surface area contributed by atoms with E-state index in [0.29, 0.717) is 52.8 Å². The third kappa shape index (κ3) is 9.82. The molecule has 0 unspecified atom stereocenters. The van der Waals surface area contributed by atoms with Crippen LogP contribution in [0, 0.1) is 11.6 Å². The van der Waals surface area contributed by atoms with E-state index in [1.807, 2.05) is 6.07 Å². The lowest BCUT2D eigenvalue weighted by molar-refractivity contribution is -0.131. The number of hydrogen-bond acceptors (Lipinski definition) is 9. The number of anilines is 1. The summed E-state index contributed by atoms with van der Waals surface area (Å²) in [5.41, 5.74) is 2.14. The van der Waals surface area contributed by atoms with E-state index in [2.05, 4.69) is 31.1 Å². The molecule has 56 heavy (non-hydrogen) atoms. The van der Waals surface area contributed by atoms with Crippen molar-refractivity contribution in [2.24, 2.45) is 0 Å². The second-order valence-corrected chi connectivity index (χ2v) is 13.1. The number of nitrogens with one attached hydrogen (secondary N) is 4. The molecule has 0 spiro atoms. The molecule has 0 radical (unpaired) electrons. The zero-order valence-electron chi connectivity index (χ0n) is 30.6. The van der Waals surface area contributed by atoms with E-state index >= 15 is 0 Å². The molecule has 2 aromatic heterocycles. The summed E-state index contributed by atoms with van der Waals surface area (Å²) in [5, 5.41) is 16.2. The molecule has 16 heteroatoms. The molecule has 1 aliphatic rings. The van der Waals surface area contributed by atoms with E-state index in [4.69, 9.17) is 4.74 Å². The maximum atomic E-state index is 14.9. The average molecular weight is 767 g/mol. The van der Waals surface area contributed by atoms with Gasteiger partial charge in [0, 0.05) is 69.8 Å². The smallest absolute Gasteiger partial charge is 0.272 e. The molecule has 0 saturated carbocycles. The number of carbonyl (C=O) groups is 4. The van der Waals surface area contributed by atoms with Crippen LogP contribution in [0.25, 0.3) is 21.9 Å². The van der Waals surface area contributed by atoms with Crippen LogP contribution in [0.5, 0.6) is 0 Å². The number of benzene rings is 3. The van der Waals surface area contributed by atoms with Gasteiger partial charge in [-0.3, -0.25) is 24.0 Å². The summed E-state index contributed by atoms with van der Waals surface area (Å²) in [5.74, 6) is -2.61. The maximum absolute atomic E-state index is 14.9. The zero-order chi connectivity index (χ0) is 39.6. The van der Waals surface area contributed by atoms with Gasteiger partial charge in [-0.25, -0.2) is 18.9 Å². The number of piperazine rings is 1. The van der Waals surface area contributed by atoms with Gasteiger partial charge in [0.15, 0.2) is 5.69 Å². The van der Waals surface area contributed by atoms with Crippen molar-refractivity contribution in [3.63, 3.8) is 0 Å². The Morgan fingerprint density at radius 1 is 0.857 bits per heavy atom. The highest BCUT2D eigenvalue weighted by molar-refractivity contribution is 6.02. The highest BCUT2D eigenvalue weighted by Crippen LogP contribution is 2.25. The third-order valence-electron chi connectivity index (χ3n) is 9.13. The number of rotatable bonds is 14. The van der Waals surface area contributed by atoms with Crippen LogP contribution in [0.3, 0.4) is 0 Å². The molecule has 4 amide bonds. The van der Waals surface area contributed by atoms with Crippen molar-refractivity contribution in [1.29, 1.82) is 0 Å². The van der Waals surface area contributed by atoms with Crippen LogP contribution in [-0.4, -0.2) is 108 Å². The maximum Gasteiger partial charge on any atom is 0.272 e. The van der Waals surface area contributed by atoms with Crippen LogP contribution >= 0.6 is 0 Å². The second-order valence-electron chi connectivity index (χ2n) is 13.1. The molecule has 290 valence electrons. The van der Waals surface area contributed by atoms with Crippen LogP contribution in [0.4, 0.5) is 14.5 Å². The molecular weight excluding hydrogens is 726 g/mol. The Morgan fingerprint density at radius 2 is 1.61 bits per heavy atom. The van der Waals surface area contributed by atoms with Crippen LogP contribution in [0.1, 0.15) is 39.0 Å². The van der Waals surface area contributed by atoms with Crippen LogP contribution in [-0.2, 0) is 20.7 Å². The quantitative estimate of drug-likeness (QED) is 0.124. The van der Waals surface area contributed by atoms with E-state index in [0.717, 1.165) is 0 Å². The number of aromatic amines is 1. The van der Waals surface area contributed by atoms with Crippen LogP contribution in [0.15, 0.2) is 83.8 Å². The standard InChI is InChI=1S/C40H40F2N8O6/c1-25(51)46-35-22-28(27-5-4-6-29(41)21-27)23-45-37(35)39(54)44-12-18-56-17-11-43-24-36(52)49-13-15-50(16-14-49)40(55)32-19-26(9-10-33(32)42)20-34-30-7-2-3-8-31(30)38(53)48-47-34/h2-10,19,21-23,43H,11-18,20,24H2,1H3,(H,44,54)(H,46,51)(H,48,53). The lowest BCUT2D eigenvalue weighted by Crippen LogP contribution is -2.52. The third-order valence-corrected chi connectivity index (χ3v) is 9.13. The number of nitrogens with zero attached hydrogens (tertiary/aromatic N) is 4. The van der Waals surface area contributed by atoms with Gasteiger partial charge in [-0.15, -0.1) is 0 Å². The van der Waals surface area contributed by atoms with Crippen LogP contribution in [0.2, 0.25) is 0 Å². The molecule has 14 nitrogen and oxygen atoms in total. The Kier molecular flexibility index (Phi) is 12.8. The van der Waals surface area contributed by atoms with E-state index < -0.39 is 29.4 Å². The van der Waals surface area contributed by atoms with Gasteiger partial charge in [0.2, 0.25) is 11.8 Å². The van der Waals surface area contributed by atoms with Crippen molar-refractivity contribution in [3.05, 3.63) is 123 Å². The van der Waals surface area contributed by atoms with Gasteiger partial charge >= 0.3 is 0 Å². The molecule has 1 saturated heterocycles. The SMILES string of the molecule is CC(=O)Nc1cc(-c2cccc(F)c2)cnc1C(=O)NCCOCCNCC(=O)N1CCN(C(=O)c2cc(Cc3n[nH]c(=O)c4ccccc34)ccc2F)CC1. The van der Waals surface area contributed by atoms with E-state index in [-0.39, 0.29) is 74.2 Å².